The van der Waals surface area contributed by atoms with Gasteiger partial charge in [-0.05, 0) is 49.2 Å². The van der Waals surface area contributed by atoms with Gasteiger partial charge in [0.2, 0.25) is 15.9 Å². The van der Waals surface area contributed by atoms with Gasteiger partial charge in [-0.25, -0.2) is 12.8 Å². The molecular formula is C18H19ClFN3O3S. The topological polar surface area (TPSA) is 78.5 Å². The van der Waals surface area contributed by atoms with Crippen molar-refractivity contribution >= 4 is 38.9 Å². The largest absolute Gasteiger partial charge is 0.376 e. The number of carbonyl (C=O) groups excluding carboxylic acids is 1. The van der Waals surface area contributed by atoms with E-state index in [2.05, 4.69) is 10.6 Å². The summed E-state index contributed by atoms with van der Waals surface area (Å²) < 4.78 is 39.7. The molecule has 2 N–H and O–H groups in total. The molecule has 0 aromatic heterocycles. The number of anilines is 2. The first-order valence-electron chi connectivity index (χ1n) is 8.45. The zero-order chi connectivity index (χ0) is 19.4. The number of amides is 1. The van der Waals surface area contributed by atoms with Crippen molar-refractivity contribution in [3.8, 4) is 0 Å². The van der Waals surface area contributed by atoms with Gasteiger partial charge in [0.25, 0.3) is 0 Å². The lowest BCUT2D eigenvalue weighted by molar-refractivity contribution is -0.114. The third-order valence-corrected chi connectivity index (χ3v) is 6.40. The van der Waals surface area contributed by atoms with Crippen molar-refractivity contribution < 1.29 is 17.6 Å². The number of nitrogens with zero attached hydrogens (tertiary/aromatic N) is 1. The number of halogens is 2. The second-order valence-electron chi connectivity index (χ2n) is 6.16. The van der Waals surface area contributed by atoms with E-state index in [1.807, 2.05) is 0 Å². The second-order valence-corrected chi connectivity index (χ2v) is 8.51. The summed E-state index contributed by atoms with van der Waals surface area (Å²) in [7, 11) is -3.52. The second kappa shape index (κ2) is 8.24. The molecule has 6 nitrogen and oxygen atoms in total. The molecule has 27 heavy (non-hydrogen) atoms. The molecule has 1 amide bonds. The van der Waals surface area contributed by atoms with Crippen LogP contribution in [0.25, 0.3) is 0 Å². The number of sulfonamides is 1. The number of hydrogen-bond donors (Lipinski definition) is 2. The molecule has 2 aromatic rings. The average molecular weight is 412 g/mol. The zero-order valence-electron chi connectivity index (χ0n) is 14.4. The highest BCUT2D eigenvalue weighted by molar-refractivity contribution is 7.89. The van der Waals surface area contributed by atoms with Gasteiger partial charge in [0.15, 0.2) is 0 Å². The van der Waals surface area contributed by atoms with Gasteiger partial charge >= 0.3 is 0 Å². The zero-order valence-corrected chi connectivity index (χ0v) is 16.0. The van der Waals surface area contributed by atoms with Crippen LogP contribution in [0.3, 0.4) is 0 Å². The van der Waals surface area contributed by atoms with Crippen LogP contribution >= 0.6 is 11.6 Å². The Hall–Kier alpha value is -2.16. The fourth-order valence-electron chi connectivity index (χ4n) is 2.81. The molecule has 1 saturated heterocycles. The molecule has 0 saturated carbocycles. The van der Waals surface area contributed by atoms with Gasteiger partial charge in [0.1, 0.15) is 5.82 Å². The van der Waals surface area contributed by atoms with E-state index >= 15 is 0 Å². The predicted molar refractivity (Wildman–Crippen MR) is 103 cm³/mol. The molecule has 0 spiro atoms. The standard InChI is InChI=1S/C18H19ClFN3O3S/c19-16-10-13(20)6-7-17(16)22-18(24)12-21-14-4-3-5-15(11-14)27(25,26)23-8-1-2-9-23/h3-7,10-11,21H,1-2,8-9,12H2,(H,22,24). The van der Waals surface area contributed by atoms with Gasteiger partial charge in [-0.2, -0.15) is 4.31 Å². The van der Waals surface area contributed by atoms with Gasteiger partial charge in [0, 0.05) is 18.8 Å². The minimum absolute atomic E-state index is 0.0963. The van der Waals surface area contributed by atoms with Crippen LogP contribution in [0.4, 0.5) is 15.8 Å². The summed E-state index contributed by atoms with van der Waals surface area (Å²) in [6.07, 6.45) is 1.73. The van der Waals surface area contributed by atoms with Crippen LogP contribution < -0.4 is 10.6 Å². The molecule has 0 bridgehead atoms. The summed E-state index contributed by atoms with van der Waals surface area (Å²) in [5, 5.41) is 5.56. The minimum Gasteiger partial charge on any atom is -0.376 e. The van der Waals surface area contributed by atoms with E-state index in [4.69, 9.17) is 11.6 Å². The van der Waals surface area contributed by atoms with Crippen molar-refractivity contribution in [2.24, 2.45) is 0 Å². The lowest BCUT2D eigenvalue weighted by Crippen LogP contribution is -2.28. The Morgan fingerprint density at radius 3 is 2.59 bits per heavy atom. The molecule has 2 aromatic carbocycles. The summed E-state index contributed by atoms with van der Waals surface area (Å²) >= 11 is 5.88. The van der Waals surface area contributed by atoms with Crippen molar-refractivity contribution in [1.82, 2.24) is 4.31 Å². The lowest BCUT2D eigenvalue weighted by atomic mass is 10.3. The van der Waals surface area contributed by atoms with E-state index in [-0.39, 0.29) is 16.5 Å². The number of benzene rings is 2. The van der Waals surface area contributed by atoms with Crippen LogP contribution in [0.15, 0.2) is 47.4 Å². The number of rotatable bonds is 6. The van der Waals surface area contributed by atoms with E-state index in [0.29, 0.717) is 24.5 Å². The SMILES string of the molecule is O=C(CNc1cccc(S(=O)(=O)N2CCCC2)c1)Nc1ccc(F)cc1Cl. The molecule has 1 heterocycles. The fourth-order valence-corrected chi connectivity index (χ4v) is 4.59. The van der Waals surface area contributed by atoms with Crippen molar-refractivity contribution in [3.63, 3.8) is 0 Å². The van der Waals surface area contributed by atoms with Gasteiger partial charge in [-0.1, -0.05) is 17.7 Å². The van der Waals surface area contributed by atoms with Crippen molar-refractivity contribution in [2.75, 3.05) is 30.3 Å². The summed E-state index contributed by atoms with van der Waals surface area (Å²) in [6.45, 7) is 0.961. The van der Waals surface area contributed by atoms with Crippen LogP contribution in [-0.4, -0.2) is 38.3 Å². The Kier molecular flexibility index (Phi) is 5.98. The summed E-state index contributed by atoms with van der Waals surface area (Å²) in [6, 6.07) is 10.0. The summed E-state index contributed by atoms with van der Waals surface area (Å²) in [5.41, 5.74) is 0.811. The highest BCUT2D eigenvalue weighted by Gasteiger charge is 2.27. The van der Waals surface area contributed by atoms with E-state index in [1.165, 1.54) is 28.6 Å². The Bertz CT molecular complexity index is 947. The molecule has 0 unspecified atom stereocenters. The predicted octanol–water partition coefficient (Wildman–Crippen LogP) is 3.31. The maximum Gasteiger partial charge on any atom is 0.243 e. The molecule has 1 aliphatic heterocycles. The highest BCUT2D eigenvalue weighted by atomic mass is 35.5. The first-order valence-corrected chi connectivity index (χ1v) is 10.3. The summed E-state index contributed by atoms with van der Waals surface area (Å²) in [5.74, 6) is -0.886. The minimum atomic E-state index is -3.52. The maximum atomic E-state index is 13.0. The van der Waals surface area contributed by atoms with Gasteiger partial charge < -0.3 is 10.6 Å². The number of hydrogen-bond acceptors (Lipinski definition) is 4. The van der Waals surface area contributed by atoms with Crippen molar-refractivity contribution in [2.45, 2.75) is 17.7 Å². The van der Waals surface area contributed by atoms with E-state index in [1.54, 1.807) is 12.1 Å². The highest BCUT2D eigenvalue weighted by Crippen LogP contribution is 2.24. The van der Waals surface area contributed by atoms with Crippen LogP contribution in [-0.2, 0) is 14.8 Å². The molecule has 9 heteroatoms. The van der Waals surface area contributed by atoms with Gasteiger partial charge in [-0.3, -0.25) is 4.79 Å². The first kappa shape index (κ1) is 19.6. The van der Waals surface area contributed by atoms with Gasteiger partial charge in [0.05, 0.1) is 22.2 Å². The van der Waals surface area contributed by atoms with E-state index < -0.39 is 21.7 Å². The van der Waals surface area contributed by atoms with E-state index in [9.17, 15) is 17.6 Å². The summed E-state index contributed by atoms with van der Waals surface area (Å²) in [4.78, 5) is 12.3. The average Bonchev–Trinajstić information content (AvgIpc) is 3.18. The number of nitrogens with one attached hydrogen (secondary N) is 2. The molecule has 1 aliphatic rings. The Balaban J connectivity index is 1.63. The van der Waals surface area contributed by atoms with Crippen LogP contribution in [0.2, 0.25) is 5.02 Å². The Morgan fingerprint density at radius 1 is 1.15 bits per heavy atom. The Morgan fingerprint density at radius 2 is 1.89 bits per heavy atom. The third-order valence-electron chi connectivity index (χ3n) is 4.20. The van der Waals surface area contributed by atoms with Crippen molar-refractivity contribution in [1.29, 1.82) is 0 Å². The lowest BCUT2D eigenvalue weighted by Gasteiger charge is -2.16. The fraction of sp³-hybridized carbons (Fsp3) is 0.278. The molecule has 0 aliphatic carbocycles. The molecule has 0 radical (unpaired) electrons. The molecular weight excluding hydrogens is 393 g/mol. The van der Waals surface area contributed by atoms with Gasteiger partial charge in [-0.15, -0.1) is 0 Å². The Labute approximate surface area is 162 Å². The van der Waals surface area contributed by atoms with Crippen LogP contribution in [0.1, 0.15) is 12.8 Å². The third kappa shape index (κ3) is 4.77. The molecule has 1 fully saturated rings. The quantitative estimate of drug-likeness (QED) is 0.764. The van der Waals surface area contributed by atoms with Crippen LogP contribution in [0, 0.1) is 5.82 Å². The van der Waals surface area contributed by atoms with Crippen molar-refractivity contribution in [3.05, 3.63) is 53.3 Å². The monoisotopic (exact) mass is 411 g/mol. The maximum absolute atomic E-state index is 13.0. The van der Waals surface area contributed by atoms with Crippen LogP contribution in [0.5, 0.6) is 0 Å². The molecule has 3 rings (SSSR count). The van der Waals surface area contributed by atoms with E-state index in [0.717, 1.165) is 18.9 Å². The molecule has 0 atom stereocenters. The molecule has 144 valence electrons. The first-order chi connectivity index (χ1) is 12.9. The smallest absolute Gasteiger partial charge is 0.243 e. The normalized spacial score (nSPS) is 14.9. The number of carbonyl (C=O) groups is 1.